The Morgan fingerprint density at radius 1 is 1.44 bits per heavy atom. The average Bonchev–Trinajstić information content (AvgIpc) is 2.12. The molecule has 0 bridgehead atoms. The van der Waals surface area contributed by atoms with Crippen molar-refractivity contribution in [2.75, 3.05) is 0 Å². The Hall–Kier alpha value is -0.355. The Bertz CT molecular complexity index is 154. The average molecular weight is 142 g/mol. The van der Waals surface area contributed by atoms with Crippen LogP contribution >= 0.6 is 11.3 Å². The minimum absolute atomic E-state index is 0. The molecule has 1 heterocycles. The topological polar surface area (TPSA) is 71.0 Å². The molecule has 0 aliphatic carbocycles. The third-order valence-electron chi connectivity index (χ3n) is 0.798. The molecule has 2 N–H and O–H groups in total. The van der Waals surface area contributed by atoms with Crippen molar-refractivity contribution >= 4 is 23.2 Å². The van der Waals surface area contributed by atoms with E-state index >= 15 is 0 Å². The third-order valence-corrected chi connectivity index (χ3v) is 1.71. The van der Waals surface area contributed by atoms with Gasteiger partial charge < -0.3 is 10.0 Å². The molecule has 1 aromatic heterocycles. The van der Waals surface area contributed by atoms with Crippen LogP contribution in [0.1, 0.15) is 0 Å². The van der Waals surface area contributed by atoms with Gasteiger partial charge in [0.25, 0.3) is 0 Å². The van der Waals surface area contributed by atoms with Crippen LogP contribution in [0.25, 0.3) is 0 Å². The summed E-state index contributed by atoms with van der Waals surface area (Å²) in [4.78, 5) is 0. The molecule has 3 radical (unpaired) electrons. The number of hydrogen-bond acceptors (Lipinski definition) is 3. The van der Waals surface area contributed by atoms with Gasteiger partial charge in [-0.3, -0.25) is 0 Å². The number of hydrogen-bond donors (Lipinski definition) is 2. The second-order valence-electron chi connectivity index (χ2n) is 1.39. The Morgan fingerprint density at radius 3 is 2.33 bits per heavy atom. The van der Waals surface area contributed by atoms with E-state index in [2.05, 4.69) is 0 Å². The molecule has 1 rings (SSSR count). The molecule has 3 nitrogen and oxygen atoms in total. The van der Waals surface area contributed by atoms with Crippen LogP contribution in [-0.2, 0) is 0 Å². The number of thiophene rings is 1. The van der Waals surface area contributed by atoms with Gasteiger partial charge in [0, 0.05) is 10.9 Å². The minimum atomic E-state index is -1.30. The first-order chi connectivity index (χ1) is 3.80. The summed E-state index contributed by atoms with van der Waals surface area (Å²) in [5.74, 6) is 0. The van der Waals surface area contributed by atoms with Gasteiger partial charge in [0.2, 0.25) is 0 Å². The van der Waals surface area contributed by atoms with Gasteiger partial charge in [-0.15, -0.1) is 0 Å². The van der Waals surface area contributed by atoms with Crippen LogP contribution in [0, 0.1) is 0 Å². The van der Waals surface area contributed by atoms with Crippen molar-refractivity contribution in [2.45, 2.75) is 0 Å². The fourth-order valence-corrected chi connectivity index (χ4v) is 1.03. The highest BCUT2D eigenvalue weighted by atomic mass is 32.1. The lowest BCUT2D eigenvalue weighted by atomic mass is 9.90. The molecule has 1 aromatic rings. The van der Waals surface area contributed by atoms with Gasteiger partial charge in [-0.1, -0.05) is 12.1 Å². The van der Waals surface area contributed by atoms with Crippen molar-refractivity contribution in [3.05, 3.63) is 17.5 Å². The highest BCUT2D eigenvalue weighted by Crippen LogP contribution is 1.92. The molecule has 0 unspecified atom stereocenters. The van der Waals surface area contributed by atoms with Crippen molar-refractivity contribution in [1.29, 1.82) is 0 Å². The second kappa shape index (κ2) is 3.63. The van der Waals surface area contributed by atoms with E-state index in [9.17, 15) is 0 Å². The first kappa shape index (κ1) is 8.64. The lowest BCUT2D eigenvalue weighted by Crippen LogP contribution is -2.26. The minimum Gasteiger partial charge on any atom is -0.423 e. The zero-order valence-corrected chi connectivity index (χ0v) is 5.38. The van der Waals surface area contributed by atoms with E-state index in [1.54, 1.807) is 17.5 Å². The molecule has 47 valence electrons. The fourth-order valence-electron chi connectivity index (χ4n) is 0.438. The van der Waals surface area contributed by atoms with Gasteiger partial charge in [-0.25, -0.2) is 0 Å². The van der Waals surface area contributed by atoms with E-state index in [0.717, 1.165) is 0 Å². The summed E-state index contributed by atoms with van der Waals surface area (Å²) < 4.78 is 0.588. The maximum Gasteiger partial charge on any atom is 0.499 e. The molecule has 0 spiro atoms. The van der Waals surface area contributed by atoms with Crippen LogP contribution < -0.4 is 10.9 Å². The third kappa shape index (κ3) is 2.15. The van der Waals surface area contributed by atoms with E-state index in [-0.39, 0.29) is 6.15 Å². The molecular weight excluding hydrogens is 137 g/mol. The molecule has 9 heavy (non-hydrogen) atoms. The second-order valence-corrected chi connectivity index (χ2v) is 2.37. The smallest absolute Gasteiger partial charge is 0.423 e. The van der Waals surface area contributed by atoms with Gasteiger partial charge in [-0.05, 0) is 5.38 Å². The SMILES string of the molecule is OB(O)c1cccs1.[N]. The molecule has 0 amide bonds. The molecule has 0 fully saturated rings. The fraction of sp³-hybridized carbons (Fsp3) is 0. The predicted octanol–water partition coefficient (Wildman–Crippen LogP) is -1.05. The summed E-state index contributed by atoms with van der Waals surface area (Å²) in [6, 6.07) is 3.45. The monoisotopic (exact) mass is 142 g/mol. The van der Waals surface area contributed by atoms with Gasteiger partial charge in [0.15, 0.2) is 0 Å². The molecule has 5 heteroatoms. The molecule has 0 saturated carbocycles. The summed E-state index contributed by atoms with van der Waals surface area (Å²) in [6.45, 7) is 0. The Kier molecular flexibility index (Phi) is 3.49. The summed E-state index contributed by atoms with van der Waals surface area (Å²) in [6.07, 6.45) is 0. The van der Waals surface area contributed by atoms with Crippen LogP contribution in [0.5, 0.6) is 0 Å². The van der Waals surface area contributed by atoms with Crippen molar-refractivity contribution in [3.8, 4) is 0 Å². The van der Waals surface area contributed by atoms with E-state index in [1.165, 1.54) is 11.3 Å². The van der Waals surface area contributed by atoms with Crippen molar-refractivity contribution in [3.63, 3.8) is 0 Å². The van der Waals surface area contributed by atoms with E-state index in [1.807, 2.05) is 0 Å². The van der Waals surface area contributed by atoms with Crippen LogP contribution in [0.4, 0.5) is 0 Å². The molecule has 0 aliphatic rings. The Labute approximate surface area is 57.7 Å². The van der Waals surface area contributed by atoms with Gasteiger partial charge in [0.05, 0.1) is 0 Å². The maximum absolute atomic E-state index is 8.48. The largest absolute Gasteiger partial charge is 0.499 e. The zero-order valence-electron chi connectivity index (χ0n) is 4.56. The summed E-state index contributed by atoms with van der Waals surface area (Å²) in [5.41, 5.74) is 0. The Morgan fingerprint density at radius 2 is 2.11 bits per heavy atom. The van der Waals surface area contributed by atoms with Crippen molar-refractivity contribution < 1.29 is 10.0 Å². The summed E-state index contributed by atoms with van der Waals surface area (Å²) in [5, 5.41) is 18.8. The van der Waals surface area contributed by atoms with Crippen molar-refractivity contribution in [1.82, 2.24) is 6.15 Å². The molecule has 0 aromatic carbocycles. The highest BCUT2D eigenvalue weighted by molar-refractivity contribution is 7.20. The van der Waals surface area contributed by atoms with Crippen molar-refractivity contribution in [2.24, 2.45) is 0 Å². The Balaban J connectivity index is 0.000000640. The molecular formula is C4H5BNO2S. The van der Waals surface area contributed by atoms with Gasteiger partial charge in [-0.2, -0.15) is 11.3 Å². The van der Waals surface area contributed by atoms with Gasteiger partial charge in [0.1, 0.15) is 0 Å². The summed E-state index contributed by atoms with van der Waals surface area (Å²) >= 11 is 1.33. The van der Waals surface area contributed by atoms with E-state index in [0.29, 0.717) is 4.78 Å². The quantitative estimate of drug-likeness (QED) is 0.491. The van der Waals surface area contributed by atoms with E-state index in [4.69, 9.17) is 10.0 Å². The van der Waals surface area contributed by atoms with Gasteiger partial charge >= 0.3 is 7.12 Å². The lowest BCUT2D eigenvalue weighted by molar-refractivity contribution is 0.427. The predicted molar refractivity (Wildman–Crippen MR) is 36.3 cm³/mol. The lowest BCUT2D eigenvalue weighted by Gasteiger charge is -1.87. The molecule has 0 atom stereocenters. The summed E-state index contributed by atoms with van der Waals surface area (Å²) in [7, 11) is -1.30. The van der Waals surface area contributed by atoms with Crippen LogP contribution in [-0.4, -0.2) is 17.2 Å². The standard InChI is InChI=1S/C4H5BO2S.N/c6-5(7)4-2-1-3-8-4;/h1-3,6-7H;. The number of rotatable bonds is 1. The van der Waals surface area contributed by atoms with Crippen LogP contribution in [0.3, 0.4) is 0 Å². The van der Waals surface area contributed by atoms with Crippen LogP contribution in [0.2, 0.25) is 0 Å². The maximum atomic E-state index is 8.48. The normalized spacial score (nSPS) is 8.22. The first-order valence-corrected chi connectivity index (χ1v) is 3.08. The highest BCUT2D eigenvalue weighted by Gasteiger charge is 2.09. The van der Waals surface area contributed by atoms with Crippen LogP contribution in [0.15, 0.2) is 17.5 Å². The first-order valence-electron chi connectivity index (χ1n) is 2.20. The molecule has 0 aliphatic heterocycles. The molecule has 0 saturated heterocycles. The zero-order chi connectivity index (χ0) is 5.98. The number of nitrogens with zero attached hydrogens (tertiary/aromatic N) is 1. The van der Waals surface area contributed by atoms with E-state index < -0.39 is 7.12 Å².